The third-order valence-electron chi connectivity index (χ3n) is 2.20. The standard InChI is InChI=1S/C7H11FN2O6/c1-6(2-15-3-6)4-16-5-7(8,9(11)12)10(13)14/h2-5H2,1H3. The zero-order valence-electron chi connectivity index (χ0n) is 8.55. The van der Waals surface area contributed by atoms with Gasteiger partial charge in [-0.25, -0.2) is 0 Å². The van der Waals surface area contributed by atoms with Gasteiger partial charge in [0.05, 0.1) is 19.8 Å². The van der Waals surface area contributed by atoms with Gasteiger partial charge in [-0.05, 0) is 0 Å². The van der Waals surface area contributed by atoms with E-state index in [2.05, 4.69) is 4.74 Å². The minimum atomic E-state index is -3.78. The molecule has 1 rings (SSSR count). The monoisotopic (exact) mass is 238 g/mol. The molecule has 92 valence electrons. The first-order valence-corrected chi connectivity index (χ1v) is 4.44. The lowest BCUT2D eigenvalue weighted by Gasteiger charge is -2.37. The molecular formula is C7H11FN2O6. The molecule has 8 nitrogen and oxygen atoms in total. The van der Waals surface area contributed by atoms with Crippen LogP contribution in [0.5, 0.6) is 0 Å². The number of rotatable bonds is 6. The Hall–Kier alpha value is -1.35. The highest BCUT2D eigenvalue weighted by Gasteiger charge is 2.58. The van der Waals surface area contributed by atoms with E-state index in [-0.39, 0.29) is 12.0 Å². The van der Waals surface area contributed by atoms with Crippen molar-refractivity contribution in [2.75, 3.05) is 26.4 Å². The van der Waals surface area contributed by atoms with E-state index in [9.17, 15) is 24.6 Å². The smallest absolute Gasteiger partial charge is 0.380 e. The zero-order valence-corrected chi connectivity index (χ0v) is 8.55. The maximum atomic E-state index is 13.2. The van der Waals surface area contributed by atoms with E-state index in [1.165, 1.54) is 0 Å². The highest BCUT2D eigenvalue weighted by atomic mass is 19.2. The number of nitro groups is 2. The van der Waals surface area contributed by atoms with E-state index >= 15 is 0 Å². The summed E-state index contributed by atoms with van der Waals surface area (Å²) in [6.45, 7) is 1.34. The number of nitrogens with zero attached hydrogens (tertiary/aromatic N) is 2. The van der Waals surface area contributed by atoms with Gasteiger partial charge in [0.25, 0.3) is 0 Å². The van der Waals surface area contributed by atoms with Crippen LogP contribution in [-0.4, -0.2) is 42.2 Å². The van der Waals surface area contributed by atoms with E-state index in [0.29, 0.717) is 13.2 Å². The quantitative estimate of drug-likeness (QED) is 0.283. The maximum Gasteiger partial charge on any atom is 0.637 e. The molecule has 0 radical (unpaired) electrons. The largest absolute Gasteiger partial charge is 0.637 e. The van der Waals surface area contributed by atoms with Crippen LogP contribution in [0.3, 0.4) is 0 Å². The first-order valence-electron chi connectivity index (χ1n) is 4.44. The van der Waals surface area contributed by atoms with Crippen molar-refractivity contribution in [3.8, 4) is 0 Å². The van der Waals surface area contributed by atoms with Crippen molar-refractivity contribution in [2.45, 2.75) is 12.8 Å². The number of alkyl halides is 1. The highest BCUT2D eigenvalue weighted by Crippen LogP contribution is 2.27. The Morgan fingerprint density at radius 1 is 1.44 bits per heavy atom. The van der Waals surface area contributed by atoms with Crippen LogP contribution < -0.4 is 0 Å². The van der Waals surface area contributed by atoms with Crippen molar-refractivity contribution >= 4 is 0 Å². The lowest BCUT2D eigenvalue weighted by atomic mass is 9.90. The molecule has 0 aromatic carbocycles. The van der Waals surface area contributed by atoms with Gasteiger partial charge < -0.3 is 9.47 Å². The lowest BCUT2D eigenvalue weighted by Crippen LogP contribution is -2.49. The predicted molar refractivity (Wildman–Crippen MR) is 47.6 cm³/mol. The summed E-state index contributed by atoms with van der Waals surface area (Å²) in [6.07, 6.45) is 0. The average Bonchev–Trinajstić information content (AvgIpc) is 2.14. The molecule has 9 heteroatoms. The molecule has 0 N–H and O–H groups in total. The summed E-state index contributed by atoms with van der Waals surface area (Å²) < 4.78 is 22.7. The topological polar surface area (TPSA) is 105 Å². The second-order valence-electron chi connectivity index (χ2n) is 4.03. The van der Waals surface area contributed by atoms with E-state index in [1.54, 1.807) is 6.92 Å². The Labute approximate surface area is 89.6 Å². The van der Waals surface area contributed by atoms with Crippen LogP contribution in [0.2, 0.25) is 0 Å². The van der Waals surface area contributed by atoms with Crippen molar-refractivity contribution in [3.05, 3.63) is 20.2 Å². The van der Waals surface area contributed by atoms with Gasteiger partial charge in [-0.15, -0.1) is 0 Å². The molecule has 0 aromatic heterocycles. The molecule has 0 spiro atoms. The molecule has 0 atom stereocenters. The lowest BCUT2D eigenvalue weighted by molar-refractivity contribution is -0.833. The molecule has 1 fully saturated rings. The molecule has 0 amide bonds. The van der Waals surface area contributed by atoms with Crippen LogP contribution >= 0.6 is 0 Å². The Morgan fingerprint density at radius 2 is 1.94 bits per heavy atom. The minimum Gasteiger partial charge on any atom is -0.380 e. The molecule has 1 aliphatic heterocycles. The Kier molecular flexibility index (Phi) is 3.38. The second kappa shape index (κ2) is 4.26. The van der Waals surface area contributed by atoms with Crippen LogP contribution in [0.1, 0.15) is 6.92 Å². The third kappa shape index (κ3) is 2.42. The van der Waals surface area contributed by atoms with Crippen molar-refractivity contribution in [2.24, 2.45) is 5.41 Å². The Bertz CT molecular complexity index is 291. The van der Waals surface area contributed by atoms with Crippen LogP contribution in [-0.2, 0) is 9.47 Å². The van der Waals surface area contributed by atoms with E-state index in [4.69, 9.17) is 4.74 Å². The molecule has 0 unspecified atom stereocenters. The van der Waals surface area contributed by atoms with Crippen molar-refractivity contribution < 1.29 is 23.7 Å². The summed E-state index contributed by atoms with van der Waals surface area (Å²) in [4.78, 5) is 17.2. The first-order chi connectivity index (χ1) is 7.30. The van der Waals surface area contributed by atoms with Gasteiger partial charge in [-0.2, -0.15) is 0 Å². The number of halogens is 1. The Balaban J connectivity index is 2.45. The second-order valence-corrected chi connectivity index (χ2v) is 4.03. The van der Waals surface area contributed by atoms with Gasteiger partial charge >= 0.3 is 5.92 Å². The van der Waals surface area contributed by atoms with Gasteiger partial charge in [0.2, 0.25) is 6.61 Å². The summed E-state index contributed by atoms with van der Waals surface area (Å²) in [5.41, 5.74) is -0.339. The van der Waals surface area contributed by atoms with Crippen LogP contribution in [0.4, 0.5) is 4.39 Å². The summed E-state index contributed by atoms with van der Waals surface area (Å²) in [6, 6.07) is 0. The predicted octanol–water partition coefficient (Wildman–Crippen LogP) is 0.216. The van der Waals surface area contributed by atoms with Crippen molar-refractivity contribution in [1.82, 2.24) is 0 Å². The van der Waals surface area contributed by atoms with E-state index < -0.39 is 22.4 Å². The minimum absolute atomic E-state index is 0.0135. The fraction of sp³-hybridized carbons (Fsp3) is 1.00. The van der Waals surface area contributed by atoms with Crippen molar-refractivity contribution in [3.63, 3.8) is 0 Å². The van der Waals surface area contributed by atoms with Crippen LogP contribution in [0.15, 0.2) is 0 Å². The molecule has 0 saturated carbocycles. The fourth-order valence-corrected chi connectivity index (χ4v) is 1.13. The average molecular weight is 238 g/mol. The molecule has 1 saturated heterocycles. The summed E-state index contributed by atoms with van der Waals surface area (Å²) >= 11 is 0. The molecule has 0 bridgehead atoms. The number of hydrogen-bond donors (Lipinski definition) is 0. The summed E-state index contributed by atoms with van der Waals surface area (Å²) in [7, 11) is 0. The van der Waals surface area contributed by atoms with Gasteiger partial charge in [-0.3, -0.25) is 20.2 Å². The van der Waals surface area contributed by atoms with Gasteiger partial charge in [0.1, 0.15) is 9.85 Å². The SMILES string of the molecule is CC1(COCC(F)([N+](=O)[O-])[N+](=O)[O-])COC1. The summed E-state index contributed by atoms with van der Waals surface area (Å²) in [5, 5.41) is 20.4. The molecular weight excluding hydrogens is 227 g/mol. The van der Waals surface area contributed by atoms with Gasteiger partial charge in [0, 0.05) is 5.41 Å². The highest BCUT2D eigenvalue weighted by molar-refractivity contribution is 4.80. The molecule has 1 aliphatic rings. The van der Waals surface area contributed by atoms with Crippen molar-refractivity contribution in [1.29, 1.82) is 0 Å². The normalized spacial score (nSPS) is 18.9. The molecule has 0 aromatic rings. The Morgan fingerprint density at radius 3 is 2.25 bits per heavy atom. The number of hydrogen-bond acceptors (Lipinski definition) is 6. The fourth-order valence-electron chi connectivity index (χ4n) is 1.13. The van der Waals surface area contributed by atoms with Gasteiger partial charge in [-0.1, -0.05) is 11.3 Å². The third-order valence-corrected chi connectivity index (χ3v) is 2.20. The molecule has 16 heavy (non-hydrogen) atoms. The molecule has 0 aliphatic carbocycles. The first kappa shape index (κ1) is 12.7. The van der Waals surface area contributed by atoms with E-state index in [0.717, 1.165) is 0 Å². The zero-order chi connectivity index (χ0) is 12.4. The summed E-state index contributed by atoms with van der Waals surface area (Å²) in [5.74, 6) is -3.78. The van der Waals surface area contributed by atoms with Crippen LogP contribution in [0.25, 0.3) is 0 Å². The maximum absolute atomic E-state index is 13.2. The number of ether oxygens (including phenoxy) is 2. The van der Waals surface area contributed by atoms with E-state index in [1.807, 2.05) is 0 Å². The van der Waals surface area contributed by atoms with Crippen LogP contribution in [0, 0.1) is 25.6 Å². The van der Waals surface area contributed by atoms with Gasteiger partial charge in [0.15, 0.2) is 0 Å². The molecule has 1 heterocycles.